The molecule has 0 N–H and O–H groups in total. The molecule has 0 atom stereocenters. The van der Waals surface area contributed by atoms with E-state index in [0.717, 1.165) is 21.1 Å². The van der Waals surface area contributed by atoms with Gasteiger partial charge in [-0.05, 0) is 12.1 Å². The van der Waals surface area contributed by atoms with Gasteiger partial charge >= 0.3 is 5.97 Å². The van der Waals surface area contributed by atoms with Crippen LogP contribution in [0.1, 0.15) is 9.80 Å². The molecule has 0 aliphatic rings. The summed E-state index contributed by atoms with van der Waals surface area (Å²) >= 11 is 1.29. The summed E-state index contributed by atoms with van der Waals surface area (Å²) in [7, 11) is 1.34. The largest absolute Gasteiger partial charge is 0.464 e. The van der Waals surface area contributed by atoms with Gasteiger partial charge in [-0.25, -0.2) is 19.7 Å². The second-order valence-electron chi connectivity index (χ2n) is 3.38. The van der Waals surface area contributed by atoms with Gasteiger partial charge in [0.2, 0.25) is 5.01 Å². The van der Waals surface area contributed by atoms with E-state index in [1.165, 1.54) is 24.8 Å². The van der Waals surface area contributed by atoms with Gasteiger partial charge in [0.25, 0.3) is 0 Å². The highest BCUT2D eigenvalue weighted by molar-refractivity contribution is 7.21. The molecule has 3 aromatic rings. The number of esters is 1. The van der Waals surface area contributed by atoms with Crippen molar-refractivity contribution in [2.45, 2.75) is 0 Å². The van der Waals surface area contributed by atoms with E-state index >= 15 is 0 Å². The van der Waals surface area contributed by atoms with Gasteiger partial charge in [-0.1, -0.05) is 0 Å². The van der Waals surface area contributed by atoms with Crippen LogP contribution in [0.4, 0.5) is 0 Å². The summed E-state index contributed by atoms with van der Waals surface area (Å²) in [5.74, 6) is -0.420. The minimum Gasteiger partial charge on any atom is -0.464 e. The zero-order valence-electron chi connectivity index (χ0n) is 8.88. The number of thiazole rings is 1. The quantitative estimate of drug-likeness (QED) is 0.614. The summed E-state index contributed by atoms with van der Waals surface area (Å²) in [5.41, 5.74) is 1.60. The summed E-state index contributed by atoms with van der Waals surface area (Å²) in [4.78, 5) is 23.8. The van der Waals surface area contributed by atoms with Crippen molar-refractivity contribution in [3.63, 3.8) is 0 Å². The highest BCUT2D eigenvalue weighted by Crippen LogP contribution is 2.29. The van der Waals surface area contributed by atoms with Crippen LogP contribution in [-0.2, 0) is 4.74 Å². The van der Waals surface area contributed by atoms with E-state index in [9.17, 15) is 4.79 Å². The number of carbonyl (C=O) groups excluding carboxylic acids is 1. The Hall–Kier alpha value is -2.08. The van der Waals surface area contributed by atoms with Crippen molar-refractivity contribution in [2.24, 2.45) is 0 Å². The lowest BCUT2D eigenvalue weighted by Gasteiger charge is -1.94. The van der Waals surface area contributed by atoms with Crippen molar-refractivity contribution in [1.82, 2.24) is 15.0 Å². The third kappa shape index (κ3) is 1.53. The van der Waals surface area contributed by atoms with Crippen molar-refractivity contribution < 1.29 is 9.53 Å². The van der Waals surface area contributed by atoms with Crippen molar-refractivity contribution in [3.05, 3.63) is 29.7 Å². The number of rotatable bonds is 1. The molecular weight excluding hydrogens is 238 g/mol. The molecule has 0 saturated carbocycles. The van der Waals surface area contributed by atoms with Crippen LogP contribution in [0.25, 0.3) is 21.1 Å². The molecule has 0 saturated heterocycles. The van der Waals surface area contributed by atoms with Crippen molar-refractivity contribution >= 4 is 38.4 Å². The predicted octanol–water partition coefficient (Wildman–Crippen LogP) is 2.03. The Morgan fingerprint density at radius 1 is 1.35 bits per heavy atom. The van der Waals surface area contributed by atoms with Gasteiger partial charge in [-0.15, -0.1) is 11.3 Å². The molecule has 17 heavy (non-hydrogen) atoms. The average Bonchev–Trinajstić information content (AvgIpc) is 2.82. The minimum atomic E-state index is -0.420. The standard InChI is InChI=1S/C11H7N3O2S/c1-16-11(15)10-14-8-3-2-7-6(9(8)17-10)4-12-5-13-7/h2-5H,1H3. The number of aromatic nitrogens is 3. The number of benzene rings is 1. The molecule has 5 nitrogen and oxygen atoms in total. The van der Waals surface area contributed by atoms with Gasteiger partial charge < -0.3 is 4.74 Å². The smallest absolute Gasteiger partial charge is 0.367 e. The van der Waals surface area contributed by atoms with Crippen molar-refractivity contribution in [3.8, 4) is 0 Å². The molecule has 6 heteroatoms. The Bertz CT molecular complexity index is 723. The molecule has 0 aliphatic heterocycles. The SMILES string of the molecule is COC(=O)c1nc2ccc3ncncc3c2s1. The summed E-state index contributed by atoms with van der Waals surface area (Å²) in [6.45, 7) is 0. The Balaban J connectivity index is 2.35. The van der Waals surface area contributed by atoms with E-state index in [0.29, 0.717) is 5.01 Å². The summed E-state index contributed by atoms with van der Waals surface area (Å²) in [5, 5.41) is 1.25. The summed E-state index contributed by atoms with van der Waals surface area (Å²) in [6, 6.07) is 3.70. The third-order valence-electron chi connectivity index (χ3n) is 2.40. The monoisotopic (exact) mass is 245 g/mol. The molecule has 0 fully saturated rings. The number of fused-ring (bicyclic) bond motifs is 3. The lowest BCUT2D eigenvalue weighted by Crippen LogP contribution is -1.99. The van der Waals surface area contributed by atoms with Crippen LogP contribution in [-0.4, -0.2) is 28.0 Å². The normalized spacial score (nSPS) is 10.9. The topological polar surface area (TPSA) is 65.0 Å². The zero-order chi connectivity index (χ0) is 11.8. The molecule has 0 unspecified atom stereocenters. The lowest BCUT2D eigenvalue weighted by atomic mass is 10.2. The number of ether oxygens (including phenoxy) is 1. The Kier molecular flexibility index (Phi) is 2.22. The number of hydrogen-bond acceptors (Lipinski definition) is 6. The molecule has 0 bridgehead atoms. The molecule has 84 valence electrons. The van der Waals surface area contributed by atoms with Crippen LogP contribution >= 0.6 is 11.3 Å². The number of carbonyl (C=O) groups is 1. The van der Waals surface area contributed by atoms with E-state index in [4.69, 9.17) is 0 Å². The van der Waals surface area contributed by atoms with E-state index in [2.05, 4.69) is 19.7 Å². The molecule has 2 heterocycles. The van der Waals surface area contributed by atoms with E-state index in [1.54, 1.807) is 6.20 Å². The van der Waals surface area contributed by atoms with Crippen molar-refractivity contribution in [2.75, 3.05) is 7.11 Å². The second-order valence-corrected chi connectivity index (χ2v) is 4.38. The Morgan fingerprint density at radius 2 is 2.18 bits per heavy atom. The number of methoxy groups -OCH3 is 1. The molecule has 0 aliphatic carbocycles. The molecule has 0 amide bonds. The zero-order valence-corrected chi connectivity index (χ0v) is 9.69. The summed E-state index contributed by atoms with van der Waals surface area (Å²) < 4.78 is 5.56. The fourth-order valence-electron chi connectivity index (χ4n) is 1.62. The van der Waals surface area contributed by atoms with Crippen LogP contribution in [0.3, 0.4) is 0 Å². The van der Waals surface area contributed by atoms with Gasteiger partial charge in [-0.2, -0.15) is 0 Å². The van der Waals surface area contributed by atoms with Crippen molar-refractivity contribution in [1.29, 1.82) is 0 Å². The van der Waals surface area contributed by atoms with Crippen LogP contribution in [0.15, 0.2) is 24.7 Å². The minimum absolute atomic E-state index is 0.346. The molecule has 2 aromatic heterocycles. The fourth-order valence-corrected chi connectivity index (χ4v) is 2.61. The van der Waals surface area contributed by atoms with Crippen LogP contribution < -0.4 is 0 Å². The number of hydrogen-bond donors (Lipinski definition) is 0. The predicted molar refractivity (Wildman–Crippen MR) is 64.1 cm³/mol. The molecule has 0 spiro atoms. The van der Waals surface area contributed by atoms with Gasteiger partial charge in [0.05, 0.1) is 22.8 Å². The first kappa shape index (κ1) is 10.1. The van der Waals surface area contributed by atoms with E-state index in [1.807, 2.05) is 12.1 Å². The molecule has 1 aromatic carbocycles. The fraction of sp³-hybridized carbons (Fsp3) is 0.0909. The molecule has 0 radical (unpaired) electrons. The summed E-state index contributed by atoms with van der Waals surface area (Å²) in [6.07, 6.45) is 3.22. The van der Waals surface area contributed by atoms with Gasteiger partial charge in [-0.3, -0.25) is 0 Å². The van der Waals surface area contributed by atoms with E-state index < -0.39 is 5.97 Å². The first-order valence-electron chi connectivity index (χ1n) is 4.87. The van der Waals surface area contributed by atoms with Crippen LogP contribution in [0.2, 0.25) is 0 Å². The second kappa shape index (κ2) is 3.74. The maximum Gasteiger partial charge on any atom is 0.367 e. The average molecular weight is 245 g/mol. The number of nitrogens with zero attached hydrogens (tertiary/aromatic N) is 3. The molecular formula is C11H7N3O2S. The first-order chi connectivity index (χ1) is 8.29. The van der Waals surface area contributed by atoms with Gasteiger partial charge in [0.1, 0.15) is 6.33 Å². The Morgan fingerprint density at radius 3 is 3.00 bits per heavy atom. The Labute approximate surface area is 100 Å². The lowest BCUT2D eigenvalue weighted by molar-refractivity contribution is 0.0600. The van der Waals surface area contributed by atoms with Crippen LogP contribution in [0.5, 0.6) is 0 Å². The first-order valence-corrected chi connectivity index (χ1v) is 5.69. The maximum absolute atomic E-state index is 11.4. The van der Waals surface area contributed by atoms with Gasteiger partial charge in [0.15, 0.2) is 0 Å². The maximum atomic E-state index is 11.4. The molecule has 3 rings (SSSR count). The highest BCUT2D eigenvalue weighted by Gasteiger charge is 2.14. The highest BCUT2D eigenvalue weighted by atomic mass is 32.1. The van der Waals surface area contributed by atoms with Gasteiger partial charge in [0, 0.05) is 11.6 Å². The van der Waals surface area contributed by atoms with Crippen LogP contribution in [0, 0.1) is 0 Å². The third-order valence-corrected chi connectivity index (χ3v) is 3.48. The van der Waals surface area contributed by atoms with E-state index in [-0.39, 0.29) is 0 Å².